The first-order chi connectivity index (χ1) is 13.2. The molecule has 0 atom stereocenters. The normalized spacial score (nSPS) is 10.9. The molecule has 27 heavy (non-hydrogen) atoms. The average molecular weight is 361 g/mol. The van der Waals surface area contributed by atoms with Crippen molar-refractivity contribution in [3.8, 4) is 0 Å². The number of likely N-dealkylation sites (N-methyl/N-ethyl adjacent to an activating group) is 1. The molecule has 4 rings (SSSR count). The molecule has 8 nitrogen and oxygen atoms in total. The van der Waals surface area contributed by atoms with Gasteiger partial charge in [-0.2, -0.15) is 10.2 Å². The molecule has 2 N–H and O–H groups in total. The van der Waals surface area contributed by atoms with Crippen LogP contribution in [-0.4, -0.2) is 37.5 Å². The van der Waals surface area contributed by atoms with Gasteiger partial charge in [-0.15, -0.1) is 0 Å². The Bertz CT molecular complexity index is 1070. The maximum atomic E-state index is 11.4. The third kappa shape index (κ3) is 3.79. The van der Waals surface area contributed by atoms with E-state index in [1.807, 2.05) is 35.1 Å². The lowest BCUT2D eigenvalue weighted by Gasteiger charge is -2.06. The van der Waals surface area contributed by atoms with Crippen LogP contribution in [0.2, 0.25) is 0 Å². The Hall–Kier alpha value is -3.68. The summed E-state index contributed by atoms with van der Waals surface area (Å²) >= 11 is 0. The topological polar surface area (TPSA) is 89.7 Å². The van der Waals surface area contributed by atoms with Gasteiger partial charge in [0.15, 0.2) is 5.82 Å². The second-order valence-corrected chi connectivity index (χ2v) is 6.11. The molecule has 1 amide bonds. The zero-order valence-electron chi connectivity index (χ0n) is 14.8. The second-order valence-electron chi connectivity index (χ2n) is 6.11. The van der Waals surface area contributed by atoms with Crippen molar-refractivity contribution < 1.29 is 4.79 Å². The summed E-state index contributed by atoms with van der Waals surface area (Å²) in [7, 11) is 1.60. The molecule has 0 aliphatic rings. The standard InChI is InChI=1S/C19H19N7O/c1-20-19(27)13-25-8-7-17(24-25)23-18-9-16-15(10-21-18)11-22-26(16)12-14-5-3-2-4-6-14/h2-11H,12-13H2,1H3,(H,20,27)(H,21,23,24). The molecule has 0 unspecified atom stereocenters. The molecule has 1 aromatic carbocycles. The number of rotatable bonds is 6. The van der Waals surface area contributed by atoms with Crippen LogP contribution in [0.5, 0.6) is 0 Å². The third-order valence-corrected chi connectivity index (χ3v) is 4.18. The van der Waals surface area contributed by atoms with E-state index in [9.17, 15) is 4.79 Å². The SMILES string of the molecule is CNC(=O)Cn1ccc(Nc2cc3c(cn2)cnn3Cc2ccccc2)n1. The molecular formula is C19H19N7O. The third-order valence-electron chi connectivity index (χ3n) is 4.18. The van der Waals surface area contributed by atoms with Crippen molar-refractivity contribution in [2.24, 2.45) is 0 Å². The Morgan fingerprint density at radius 1 is 1.11 bits per heavy atom. The Morgan fingerprint density at radius 3 is 2.78 bits per heavy atom. The Morgan fingerprint density at radius 2 is 1.96 bits per heavy atom. The van der Waals surface area contributed by atoms with E-state index >= 15 is 0 Å². The van der Waals surface area contributed by atoms with Gasteiger partial charge in [0.1, 0.15) is 12.4 Å². The number of hydrogen-bond acceptors (Lipinski definition) is 5. The van der Waals surface area contributed by atoms with Crippen LogP contribution in [0.4, 0.5) is 11.6 Å². The molecule has 8 heteroatoms. The Kier molecular flexibility index (Phi) is 4.52. The molecule has 0 spiro atoms. The molecule has 0 aliphatic carbocycles. The van der Waals surface area contributed by atoms with Crippen LogP contribution in [0.15, 0.2) is 61.1 Å². The number of carbonyl (C=O) groups excluding carboxylic acids is 1. The smallest absolute Gasteiger partial charge is 0.241 e. The van der Waals surface area contributed by atoms with Crippen molar-refractivity contribution >= 4 is 28.4 Å². The molecule has 0 fully saturated rings. The van der Waals surface area contributed by atoms with Gasteiger partial charge in [0.2, 0.25) is 5.91 Å². The highest BCUT2D eigenvalue weighted by atomic mass is 16.1. The van der Waals surface area contributed by atoms with E-state index in [4.69, 9.17) is 0 Å². The summed E-state index contributed by atoms with van der Waals surface area (Å²) in [4.78, 5) is 15.9. The largest absolute Gasteiger partial charge is 0.358 e. The number of pyridine rings is 1. The van der Waals surface area contributed by atoms with Crippen molar-refractivity contribution in [2.45, 2.75) is 13.1 Å². The van der Waals surface area contributed by atoms with E-state index in [2.05, 4.69) is 37.9 Å². The Balaban J connectivity index is 1.54. The van der Waals surface area contributed by atoms with Gasteiger partial charge >= 0.3 is 0 Å². The molecule has 4 aromatic rings. The number of fused-ring (bicyclic) bond motifs is 1. The van der Waals surface area contributed by atoms with E-state index in [1.54, 1.807) is 30.2 Å². The number of hydrogen-bond donors (Lipinski definition) is 2. The van der Waals surface area contributed by atoms with Crippen LogP contribution in [0, 0.1) is 0 Å². The van der Waals surface area contributed by atoms with E-state index in [-0.39, 0.29) is 12.5 Å². The highest BCUT2D eigenvalue weighted by Crippen LogP contribution is 2.20. The lowest BCUT2D eigenvalue weighted by molar-refractivity contribution is -0.121. The molecule has 0 aliphatic heterocycles. The second kappa shape index (κ2) is 7.28. The summed E-state index contributed by atoms with van der Waals surface area (Å²) in [5.41, 5.74) is 2.17. The quantitative estimate of drug-likeness (QED) is 0.549. The van der Waals surface area contributed by atoms with Gasteiger partial charge in [-0.05, 0) is 5.56 Å². The van der Waals surface area contributed by atoms with Crippen molar-refractivity contribution in [3.63, 3.8) is 0 Å². The number of aromatic nitrogens is 5. The first kappa shape index (κ1) is 16.8. The molecule has 3 aromatic heterocycles. The number of nitrogens with one attached hydrogen (secondary N) is 2. The van der Waals surface area contributed by atoms with E-state index in [1.165, 1.54) is 5.56 Å². The minimum Gasteiger partial charge on any atom is -0.358 e. The number of nitrogens with zero attached hydrogens (tertiary/aromatic N) is 5. The molecule has 0 radical (unpaired) electrons. The fourth-order valence-electron chi connectivity index (χ4n) is 2.80. The van der Waals surface area contributed by atoms with E-state index in [0.717, 1.165) is 10.9 Å². The van der Waals surface area contributed by atoms with E-state index in [0.29, 0.717) is 18.2 Å². The first-order valence-electron chi connectivity index (χ1n) is 8.58. The molecular weight excluding hydrogens is 342 g/mol. The van der Waals surface area contributed by atoms with Gasteiger partial charge in [-0.3, -0.25) is 14.2 Å². The van der Waals surface area contributed by atoms with Crippen LogP contribution in [0.3, 0.4) is 0 Å². The van der Waals surface area contributed by atoms with Crippen molar-refractivity contribution in [1.29, 1.82) is 0 Å². The predicted molar refractivity (Wildman–Crippen MR) is 103 cm³/mol. The maximum absolute atomic E-state index is 11.4. The van der Waals surface area contributed by atoms with Gasteiger partial charge in [-0.1, -0.05) is 30.3 Å². The summed E-state index contributed by atoms with van der Waals surface area (Å²) < 4.78 is 3.51. The minimum absolute atomic E-state index is 0.103. The van der Waals surface area contributed by atoms with Gasteiger partial charge in [0.05, 0.1) is 18.3 Å². The van der Waals surface area contributed by atoms with Gasteiger partial charge in [0, 0.05) is 37.0 Å². The van der Waals surface area contributed by atoms with Crippen LogP contribution in [0.1, 0.15) is 5.56 Å². The maximum Gasteiger partial charge on any atom is 0.241 e. The number of anilines is 2. The molecule has 0 saturated heterocycles. The van der Waals surface area contributed by atoms with Crippen LogP contribution in [0.25, 0.3) is 10.9 Å². The molecule has 0 saturated carbocycles. The summed E-state index contributed by atoms with van der Waals surface area (Å²) in [6.45, 7) is 0.864. The summed E-state index contributed by atoms with van der Waals surface area (Å²) in [6, 6.07) is 13.9. The lowest BCUT2D eigenvalue weighted by Crippen LogP contribution is -2.23. The fraction of sp³-hybridized carbons (Fsp3) is 0.158. The van der Waals surface area contributed by atoms with Crippen molar-refractivity contribution in [3.05, 3.63) is 66.6 Å². The molecule has 0 bridgehead atoms. The predicted octanol–water partition coefficient (Wildman–Crippen LogP) is 2.17. The van der Waals surface area contributed by atoms with Crippen LogP contribution < -0.4 is 10.6 Å². The molecule has 136 valence electrons. The van der Waals surface area contributed by atoms with Crippen molar-refractivity contribution in [1.82, 2.24) is 29.9 Å². The van der Waals surface area contributed by atoms with Crippen LogP contribution in [-0.2, 0) is 17.9 Å². The van der Waals surface area contributed by atoms with E-state index < -0.39 is 0 Å². The lowest BCUT2D eigenvalue weighted by atomic mass is 10.2. The molecule has 3 heterocycles. The first-order valence-corrected chi connectivity index (χ1v) is 8.58. The van der Waals surface area contributed by atoms with Gasteiger partial charge in [0.25, 0.3) is 0 Å². The fourth-order valence-corrected chi connectivity index (χ4v) is 2.80. The van der Waals surface area contributed by atoms with Gasteiger partial charge in [-0.25, -0.2) is 4.98 Å². The number of carbonyl (C=O) groups is 1. The van der Waals surface area contributed by atoms with Crippen molar-refractivity contribution in [2.75, 3.05) is 12.4 Å². The summed E-state index contributed by atoms with van der Waals surface area (Å²) in [5.74, 6) is 1.19. The highest BCUT2D eigenvalue weighted by Gasteiger charge is 2.08. The average Bonchev–Trinajstić information content (AvgIpc) is 3.29. The zero-order valence-corrected chi connectivity index (χ0v) is 14.8. The summed E-state index contributed by atoms with van der Waals surface area (Å²) in [5, 5.41) is 15.5. The highest BCUT2D eigenvalue weighted by molar-refractivity contribution is 5.81. The zero-order chi connectivity index (χ0) is 18.6. The summed E-state index contributed by atoms with van der Waals surface area (Å²) in [6.07, 6.45) is 5.34. The van der Waals surface area contributed by atoms with Gasteiger partial charge < -0.3 is 10.6 Å². The number of amides is 1. The Labute approximate surface area is 155 Å². The van der Waals surface area contributed by atoms with Crippen LogP contribution >= 0.6 is 0 Å². The number of benzene rings is 1. The monoisotopic (exact) mass is 361 g/mol. The minimum atomic E-state index is -0.103.